The van der Waals surface area contributed by atoms with Crippen LogP contribution in [-0.4, -0.2) is 62.5 Å². The number of ether oxygens (including phenoxy) is 1. The highest BCUT2D eigenvalue weighted by Gasteiger charge is 2.29. The minimum Gasteiger partial charge on any atom is -0.499 e. The van der Waals surface area contributed by atoms with Gasteiger partial charge in [0.25, 0.3) is 0 Å². The van der Waals surface area contributed by atoms with Gasteiger partial charge in [-0.1, -0.05) is 80.3 Å². The zero-order valence-corrected chi connectivity index (χ0v) is 28.1. The maximum Gasteiger partial charge on any atom is 0.111 e. The molecule has 6 unspecified atom stereocenters. The largest absolute Gasteiger partial charge is 0.499 e. The van der Waals surface area contributed by atoms with Crippen molar-refractivity contribution < 1.29 is 9.13 Å². The second-order valence-electron chi connectivity index (χ2n) is 13.0. The Morgan fingerprint density at radius 2 is 1.89 bits per heavy atom. The van der Waals surface area contributed by atoms with Crippen LogP contribution in [0, 0.1) is 11.8 Å². The van der Waals surface area contributed by atoms with E-state index in [1.807, 2.05) is 25.2 Å². The van der Waals surface area contributed by atoms with E-state index < -0.39 is 6.67 Å². The van der Waals surface area contributed by atoms with Crippen molar-refractivity contribution in [2.45, 2.75) is 103 Å². The van der Waals surface area contributed by atoms with Crippen molar-refractivity contribution in [1.29, 1.82) is 0 Å². The van der Waals surface area contributed by atoms with Crippen molar-refractivity contribution in [3.63, 3.8) is 0 Å². The number of hydrogen-bond donors (Lipinski definition) is 2. The summed E-state index contributed by atoms with van der Waals surface area (Å²) in [5, 5.41) is 7.04. The summed E-state index contributed by atoms with van der Waals surface area (Å²) in [6, 6.07) is 12.6. The third kappa shape index (κ3) is 12.1. The van der Waals surface area contributed by atoms with Crippen molar-refractivity contribution in [2.75, 3.05) is 33.4 Å². The number of hydrogen-bond acceptors (Lipinski definition) is 4. The summed E-state index contributed by atoms with van der Waals surface area (Å²) in [6.45, 7) is 17.7. The summed E-state index contributed by atoms with van der Waals surface area (Å²) >= 11 is 0. The molecule has 3 rings (SSSR count). The second-order valence-corrected chi connectivity index (χ2v) is 13.0. The van der Waals surface area contributed by atoms with Crippen LogP contribution in [0.2, 0.25) is 0 Å². The normalized spacial score (nSPS) is 24.3. The van der Waals surface area contributed by atoms with Crippen LogP contribution in [-0.2, 0) is 4.74 Å². The summed E-state index contributed by atoms with van der Waals surface area (Å²) in [4.78, 5) is 2.67. The Balaban J connectivity index is 1.63. The molecule has 2 aliphatic rings. The summed E-state index contributed by atoms with van der Waals surface area (Å²) in [7, 11) is 2.00. The molecule has 0 aromatic heterocycles. The van der Waals surface area contributed by atoms with Gasteiger partial charge in [0.2, 0.25) is 0 Å². The molecule has 5 heteroatoms. The monoisotopic (exact) mass is 605 g/mol. The van der Waals surface area contributed by atoms with Crippen LogP contribution in [0.4, 0.5) is 4.39 Å². The molecule has 0 aliphatic carbocycles. The van der Waals surface area contributed by atoms with Crippen LogP contribution < -0.4 is 10.6 Å². The lowest BCUT2D eigenvalue weighted by Gasteiger charge is -2.28. The number of rotatable bonds is 20. The molecule has 244 valence electrons. The van der Waals surface area contributed by atoms with Crippen LogP contribution in [0.25, 0.3) is 6.08 Å². The van der Waals surface area contributed by atoms with Crippen molar-refractivity contribution in [2.24, 2.45) is 11.8 Å². The van der Waals surface area contributed by atoms with Gasteiger partial charge < -0.3 is 15.4 Å². The average molecular weight is 606 g/mol. The molecule has 44 heavy (non-hydrogen) atoms. The molecule has 2 aliphatic heterocycles. The van der Waals surface area contributed by atoms with Crippen LogP contribution in [0.5, 0.6) is 0 Å². The molecule has 0 spiro atoms. The first-order valence-electron chi connectivity index (χ1n) is 17.1. The van der Waals surface area contributed by atoms with Crippen LogP contribution in [0.15, 0.2) is 84.7 Å². The lowest BCUT2D eigenvalue weighted by molar-refractivity contribution is 0.155. The van der Waals surface area contributed by atoms with Gasteiger partial charge in [-0.05, 0) is 108 Å². The van der Waals surface area contributed by atoms with E-state index >= 15 is 0 Å². The smallest absolute Gasteiger partial charge is 0.111 e. The van der Waals surface area contributed by atoms with Gasteiger partial charge in [-0.2, -0.15) is 0 Å². The van der Waals surface area contributed by atoms with E-state index in [0.717, 1.165) is 75.6 Å². The Labute approximate surface area is 268 Å². The summed E-state index contributed by atoms with van der Waals surface area (Å²) in [5.41, 5.74) is 2.93. The maximum absolute atomic E-state index is 14.0. The van der Waals surface area contributed by atoms with E-state index in [1.54, 1.807) is 0 Å². The third-order valence-corrected chi connectivity index (χ3v) is 9.71. The first-order valence-corrected chi connectivity index (χ1v) is 17.1. The van der Waals surface area contributed by atoms with Crippen molar-refractivity contribution in [3.8, 4) is 0 Å². The van der Waals surface area contributed by atoms with E-state index in [1.165, 1.54) is 24.8 Å². The lowest BCUT2D eigenvalue weighted by Crippen LogP contribution is -2.37. The highest BCUT2D eigenvalue weighted by molar-refractivity contribution is 5.51. The van der Waals surface area contributed by atoms with E-state index in [9.17, 15) is 4.39 Å². The quantitative estimate of drug-likeness (QED) is 0.0675. The van der Waals surface area contributed by atoms with Crippen LogP contribution >= 0.6 is 0 Å². The summed E-state index contributed by atoms with van der Waals surface area (Å²) < 4.78 is 20.2. The summed E-state index contributed by atoms with van der Waals surface area (Å²) in [5.74, 6) is 1.24. The molecule has 0 radical (unpaired) electrons. The molecule has 2 saturated heterocycles. The van der Waals surface area contributed by atoms with Gasteiger partial charge in [0, 0.05) is 37.3 Å². The fourth-order valence-electron chi connectivity index (χ4n) is 6.98. The number of likely N-dealkylation sites (tertiary alicyclic amines) is 1. The number of halogens is 1. The number of nitrogens with zero attached hydrogens (tertiary/aromatic N) is 1. The van der Waals surface area contributed by atoms with Crippen molar-refractivity contribution in [3.05, 3.63) is 90.3 Å². The SMILES string of the molecule is C=C(/C=C/C=C\c1ccccc1)C(C/C=C(\C)OCCCN1C(C)CCC1CC)CC(CC1CCC(CNC)N1)C(=C)CF. The molecular formula is C39H60FN3O. The molecule has 0 amide bonds. The zero-order chi connectivity index (χ0) is 31.7. The number of allylic oxidation sites excluding steroid dienone is 7. The Kier molecular flexibility index (Phi) is 16.2. The predicted octanol–water partition coefficient (Wildman–Crippen LogP) is 8.65. The Bertz CT molecular complexity index is 1080. The van der Waals surface area contributed by atoms with Gasteiger partial charge in [0.05, 0.1) is 12.4 Å². The Morgan fingerprint density at radius 3 is 2.61 bits per heavy atom. The van der Waals surface area contributed by atoms with E-state index in [0.29, 0.717) is 23.7 Å². The molecule has 4 nitrogen and oxygen atoms in total. The number of alkyl halides is 1. The number of likely N-dealkylation sites (N-methyl/N-ethyl adjacent to an activating group) is 1. The fraction of sp³-hybridized carbons (Fsp3) is 0.590. The third-order valence-electron chi connectivity index (χ3n) is 9.71. The van der Waals surface area contributed by atoms with Crippen molar-refractivity contribution >= 4 is 6.08 Å². The first-order chi connectivity index (χ1) is 21.3. The molecule has 1 aromatic carbocycles. The molecule has 2 heterocycles. The molecule has 2 N–H and O–H groups in total. The minimum atomic E-state index is -0.474. The molecule has 0 saturated carbocycles. The number of benzene rings is 1. The van der Waals surface area contributed by atoms with Gasteiger partial charge in [-0.15, -0.1) is 0 Å². The maximum atomic E-state index is 14.0. The highest BCUT2D eigenvalue weighted by atomic mass is 19.1. The first kappa shape index (κ1) is 36.0. The van der Waals surface area contributed by atoms with E-state index in [-0.39, 0.29) is 11.8 Å². The van der Waals surface area contributed by atoms with Crippen molar-refractivity contribution in [1.82, 2.24) is 15.5 Å². The van der Waals surface area contributed by atoms with Crippen LogP contribution in [0.1, 0.15) is 84.1 Å². The molecule has 6 atom stereocenters. The summed E-state index contributed by atoms with van der Waals surface area (Å²) in [6.07, 6.45) is 20.3. The Hall–Kier alpha value is -2.47. The highest BCUT2D eigenvalue weighted by Crippen LogP contribution is 2.33. The molecule has 2 fully saturated rings. The average Bonchev–Trinajstić information content (AvgIpc) is 3.64. The van der Waals surface area contributed by atoms with Crippen LogP contribution in [0.3, 0.4) is 0 Å². The van der Waals surface area contributed by atoms with Gasteiger partial charge in [-0.25, -0.2) is 4.39 Å². The Morgan fingerprint density at radius 1 is 1.11 bits per heavy atom. The fourth-order valence-corrected chi connectivity index (χ4v) is 6.98. The molecule has 1 aromatic rings. The van der Waals surface area contributed by atoms with Gasteiger partial charge in [0.15, 0.2) is 0 Å². The lowest BCUT2D eigenvalue weighted by atomic mass is 9.80. The standard InChI is InChI=1S/C39H60FN3O/c1-7-39-23-18-32(4)43(39)24-13-25-44-33(5)19-20-35(30(2)14-11-12-17-34-15-9-8-10-16-34)26-36(31(3)28-40)27-37-21-22-38(42-37)29-41-6/h8-12,14-17,19,32,35-39,41-42H,2-3,7,13,18,20-29H2,1,4-6H3/b14-11+,17-12-,33-19+. The molecular weight excluding hydrogens is 545 g/mol. The predicted molar refractivity (Wildman–Crippen MR) is 187 cm³/mol. The van der Waals surface area contributed by atoms with Gasteiger partial charge in [0.1, 0.15) is 6.67 Å². The topological polar surface area (TPSA) is 36.5 Å². The van der Waals surface area contributed by atoms with E-state index in [2.05, 4.69) is 92.0 Å². The van der Waals surface area contributed by atoms with E-state index in [4.69, 9.17) is 4.74 Å². The zero-order valence-electron chi connectivity index (χ0n) is 28.1. The minimum absolute atomic E-state index is 0.101. The van der Waals surface area contributed by atoms with Gasteiger partial charge in [-0.3, -0.25) is 4.90 Å². The number of nitrogens with one attached hydrogen (secondary N) is 2. The second kappa shape index (κ2) is 19.8. The molecule has 0 bridgehead atoms. The van der Waals surface area contributed by atoms with Gasteiger partial charge >= 0.3 is 0 Å².